The molecule has 0 saturated heterocycles. The highest BCUT2D eigenvalue weighted by Gasteiger charge is 2.21. The maximum atomic E-state index is 14.6. The minimum absolute atomic E-state index is 0.184. The van der Waals surface area contributed by atoms with Crippen LogP contribution in [0.25, 0.3) is 22.0 Å². The number of rotatable bonds is 12. The third kappa shape index (κ3) is 7.23. The summed E-state index contributed by atoms with van der Waals surface area (Å²) in [4.78, 5) is 43.2. The summed E-state index contributed by atoms with van der Waals surface area (Å²) in [7, 11) is 3.18. The Morgan fingerprint density at radius 3 is 2.16 bits per heavy atom. The molecule has 0 aliphatic heterocycles. The van der Waals surface area contributed by atoms with Crippen molar-refractivity contribution in [2.45, 2.75) is 33.7 Å². The van der Waals surface area contributed by atoms with Crippen LogP contribution in [-0.4, -0.2) is 35.6 Å². The number of aryl methyl sites for hydroxylation is 3. The zero-order chi connectivity index (χ0) is 35.2. The molecule has 2 heterocycles. The first-order valence-electron chi connectivity index (χ1n) is 15.7. The van der Waals surface area contributed by atoms with Crippen molar-refractivity contribution in [2.24, 2.45) is 0 Å². The molecule has 10 heteroatoms. The molecule has 2 aromatic heterocycles. The van der Waals surface area contributed by atoms with Gasteiger partial charge >= 0.3 is 0 Å². The van der Waals surface area contributed by atoms with Crippen LogP contribution in [0.2, 0.25) is 0 Å². The number of anilines is 4. The third-order valence-electron chi connectivity index (χ3n) is 8.44. The van der Waals surface area contributed by atoms with Crippen LogP contribution < -0.4 is 31.0 Å². The minimum Gasteiger partial charge on any atom is -0.496 e. The van der Waals surface area contributed by atoms with Crippen LogP contribution in [0.4, 0.5) is 22.9 Å². The second-order valence-corrected chi connectivity index (χ2v) is 11.5. The number of hydrogen-bond donors (Lipinski definition) is 3. The first-order chi connectivity index (χ1) is 23.6. The van der Waals surface area contributed by atoms with Crippen LogP contribution in [-0.2, 0) is 22.6 Å². The Hall–Kier alpha value is -6.16. The fraction of sp³-hybridized carbons (Fsp3) is 0.179. The smallest absolute Gasteiger partial charge is 0.258 e. The van der Waals surface area contributed by atoms with E-state index >= 15 is 0 Å². The van der Waals surface area contributed by atoms with Crippen LogP contribution in [0, 0.1) is 20.8 Å². The van der Waals surface area contributed by atoms with Gasteiger partial charge in [-0.1, -0.05) is 37.4 Å². The van der Waals surface area contributed by atoms with Gasteiger partial charge in [0.1, 0.15) is 17.3 Å². The SMILES string of the molecule is C=CC(=O)Nc1ccc(CCn2c(=O)c(-c3c(C)c(OC)cc(OC)c3C)cc3cnc(Nc4c(C)cccc4NC(=O)C=C)cc32)cc1. The third-order valence-corrected chi connectivity index (χ3v) is 8.44. The number of ether oxygens (including phenoxy) is 2. The summed E-state index contributed by atoms with van der Waals surface area (Å²) in [6, 6.07) is 18.6. The first kappa shape index (κ1) is 34.2. The topological polar surface area (TPSA) is 124 Å². The lowest BCUT2D eigenvalue weighted by Crippen LogP contribution is -2.24. The Balaban J connectivity index is 1.64. The molecule has 2 amide bonds. The number of nitrogens with zero attached hydrogens (tertiary/aromatic N) is 2. The number of aromatic nitrogens is 2. The van der Waals surface area contributed by atoms with Crippen molar-refractivity contribution in [1.82, 2.24) is 9.55 Å². The van der Waals surface area contributed by atoms with Crippen LogP contribution in [0.15, 0.2) is 97.0 Å². The summed E-state index contributed by atoms with van der Waals surface area (Å²) >= 11 is 0. The molecule has 0 fully saturated rings. The van der Waals surface area contributed by atoms with Crippen molar-refractivity contribution in [2.75, 3.05) is 30.2 Å². The summed E-state index contributed by atoms with van der Waals surface area (Å²) in [5, 5.41) is 9.70. The van der Waals surface area contributed by atoms with Gasteiger partial charge in [0.2, 0.25) is 11.8 Å². The molecule has 3 aromatic carbocycles. The van der Waals surface area contributed by atoms with E-state index in [0.717, 1.165) is 33.2 Å². The zero-order valence-corrected chi connectivity index (χ0v) is 28.3. The quantitative estimate of drug-likeness (QED) is 0.121. The van der Waals surface area contributed by atoms with E-state index in [0.29, 0.717) is 58.4 Å². The van der Waals surface area contributed by atoms with E-state index < -0.39 is 0 Å². The summed E-state index contributed by atoms with van der Waals surface area (Å²) < 4.78 is 13.1. The van der Waals surface area contributed by atoms with Crippen molar-refractivity contribution in [3.63, 3.8) is 0 Å². The molecule has 0 bridgehead atoms. The van der Waals surface area contributed by atoms with Gasteiger partial charge in [-0.2, -0.15) is 0 Å². The molecule has 0 radical (unpaired) electrons. The molecule has 0 atom stereocenters. The molecule has 0 aliphatic rings. The second-order valence-electron chi connectivity index (χ2n) is 11.5. The molecule has 0 aliphatic carbocycles. The zero-order valence-electron chi connectivity index (χ0n) is 28.3. The van der Waals surface area contributed by atoms with Gasteiger partial charge in [-0.15, -0.1) is 0 Å². The largest absolute Gasteiger partial charge is 0.496 e. The van der Waals surface area contributed by atoms with Gasteiger partial charge < -0.3 is 30.0 Å². The molecule has 3 N–H and O–H groups in total. The lowest BCUT2D eigenvalue weighted by atomic mass is 9.94. The summed E-state index contributed by atoms with van der Waals surface area (Å²) in [5.74, 6) is 1.10. The second kappa shape index (κ2) is 14.7. The highest BCUT2D eigenvalue weighted by Crippen LogP contribution is 2.39. The number of methoxy groups -OCH3 is 2. The Morgan fingerprint density at radius 2 is 1.53 bits per heavy atom. The highest BCUT2D eigenvalue weighted by atomic mass is 16.5. The van der Waals surface area contributed by atoms with Gasteiger partial charge in [-0.25, -0.2) is 4.98 Å². The predicted octanol–water partition coefficient (Wildman–Crippen LogP) is 7.24. The molecule has 10 nitrogen and oxygen atoms in total. The molecule has 49 heavy (non-hydrogen) atoms. The average molecular weight is 658 g/mol. The number of fused-ring (bicyclic) bond motifs is 1. The number of nitrogens with one attached hydrogen (secondary N) is 3. The van der Waals surface area contributed by atoms with Crippen molar-refractivity contribution in [1.29, 1.82) is 0 Å². The van der Waals surface area contributed by atoms with Gasteiger partial charge in [0.15, 0.2) is 0 Å². The number of benzene rings is 3. The van der Waals surface area contributed by atoms with Gasteiger partial charge in [-0.3, -0.25) is 14.4 Å². The standard InChI is InChI=1S/C39H39N5O5/c1-8-35(45)41-28-15-13-26(14-16-28)17-18-44-31-20-34(43-38-23(3)11-10-12-30(38)42-36(46)9-2)40-22-27(31)19-29(39(44)47)37-24(4)32(48-6)21-33(49-7)25(37)5/h8-16,19-22H,1-2,17-18H2,3-7H3,(H,40,43)(H,41,45)(H,42,46). The maximum absolute atomic E-state index is 14.6. The summed E-state index contributed by atoms with van der Waals surface area (Å²) in [6.07, 6.45) is 4.70. The van der Waals surface area contributed by atoms with E-state index in [4.69, 9.17) is 14.5 Å². The number of carbonyl (C=O) groups is 2. The molecule has 5 rings (SSSR count). The van der Waals surface area contributed by atoms with Crippen LogP contribution in [0.3, 0.4) is 0 Å². The van der Waals surface area contributed by atoms with Gasteiger partial charge in [-0.05, 0) is 85.9 Å². The highest BCUT2D eigenvalue weighted by molar-refractivity contribution is 6.02. The first-order valence-corrected chi connectivity index (χ1v) is 15.7. The minimum atomic E-state index is -0.336. The van der Waals surface area contributed by atoms with E-state index in [1.54, 1.807) is 31.0 Å². The number of pyridine rings is 2. The average Bonchev–Trinajstić information content (AvgIpc) is 3.10. The molecular formula is C39H39N5O5. The van der Waals surface area contributed by atoms with E-state index in [1.807, 2.05) is 75.4 Å². The van der Waals surface area contributed by atoms with Crippen LogP contribution in [0.5, 0.6) is 11.5 Å². The maximum Gasteiger partial charge on any atom is 0.258 e. The van der Waals surface area contributed by atoms with E-state index in [-0.39, 0.29) is 17.4 Å². The van der Waals surface area contributed by atoms with Crippen LogP contribution in [0.1, 0.15) is 22.3 Å². The van der Waals surface area contributed by atoms with Gasteiger partial charge in [0.05, 0.1) is 31.1 Å². The van der Waals surface area contributed by atoms with E-state index in [9.17, 15) is 14.4 Å². The van der Waals surface area contributed by atoms with Gasteiger partial charge in [0, 0.05) is 47.1 Å². The predicted molar refractivity (Wildman–Crippen MR) is 196 cm³/mol. The van der Waals surface area contributed by atoms with E-state index in [1.165, 1.54) is 12.2 Å². The van der Waals surface area contributed by atoms with E-state index in [2.05, 4.69) is 29.1 Å². The molecule has 5 aromatic rings. The number of carbonyl (C=O) groups excluding carboxylic acids is 2. The van der Waals surface area contributed by atoms with Crippen molar-refractivity contribution in [3.05, 3.63) is 125 Å². The summed E-state index contributed by atoms with van der Waals surface area (Å²) in [5.41, 5.74) is 7.14. The number of hydrogen-bond acceptors (Lipinski definition) is 7. The Kier molecular flexibility index (Phi) is 10.3. The molecular weight excluding hydrogens is 618 g/mol. The fourth-order valence-electron chi connectivity index (χ4n) is 5.87. The van der Waals surface area contributed by atoms with Crippen molar-refractivity contribution >= 4 is 45.6 Å². The Morgan fingerprint density at radius 1 is 0.878 bits per heavy atom. The molecule has 0 saturated carbocycles. The Bertz CT molecular complexity index is 2120. The molecule has 0 spiro atoms. The summed E-state index contributed by atoms with van der Waals surface area (Å²) in [6.45, 7) is 13.2. The van der Waals surface area contributed by atoms with Crippen molar-refractivity contribution in [3.8, 4) is 22.6 Å². The normalized spacial score (nSPS) is 10.7. The molecule has 250 valence electrons. The van der Waals surface area contributed by atoms with Crippen LogP contribution >= 0.6 is 0 Å². The Labute approximate surface area is 285 Å². The monoisotopic (exact) mass is 657 g/mol. The number of amides is 2. The van der Waals surface area contributed by atoms with Gasteiger partial charge in [0.25, 0.3) is 5.56 Å². The van der Waals surface area contributed by atoms with Crippen molar-refractivity contribution < 1.29 is 19.1 Å². The lowest BCUT2D eigenvalue weighted by Gasteiger charge is -2.20. The molecule has 0 unspecified atom stereocenters. The fourth-order valence-corrected chi connectivity index (χ4v) is 5.87. The number of para-hydroxylation sites is 1. The lowest BCUT2D eigenvalue weighted by molar-refractivity contribution is -0.112.